The van der Waals surface area contributed by atoms with Gasteiger partial charge in [-0.15, -0.1) is 0 Å². The first-order valence-electron chi connectivity index (χ1n) is 6.92. The summed E-state index contributed by atoms with van der Waals surface area (Å²) in [4.78, 5) is 7.70. The van der Waals surface area contributed by atoms with Gasteiger partial charge in [0.1, 0.15) is 6.33 Å². The highest BCUT2D eigenvalue weighted by Crippen LogP contribution is 2.15. The van der Waals surface area contributed by atoms with Crippen molar-refractivity contribution in [2.75, 3.05) is 18.4 Å². The molecular weight excluding hydrogens is 343 g/mol. The van der Waals surface area contributed by atoms with Crippen LogP contribution in [-0.4, -0.2) is 31.5 Å². The normalized spacial score (nSPS) is 11.4. The van der Waals surface area contributed by atoms with Crippen LogP contribution >= 0.6 is 11.6 Å². The van der Waals surface area contributed by atoms with Crippen LogP contribution in [0.15, 0.2) is 35.5 Å². The van der Waals surface area contributed by atoms with E-state index in [1.165, 1.54) is 18.5 Å². The average Bonchev–Trinajstić information content (AvgIpc) is 2.53. The molecule has 0 radical (unpaired) electrons. The maximum Gasteiger partial charge on any atom is 0.240 e. The third kappa shape index (κ3) is 4.60. The Kier molecular flexibility index (Phi) is 5.86. The highest BCUT2D eigenvalue weighted by Gasteiger charge is 2.14. The topological polar surface area (TPSA) is 84.0 Å². The fourth-order valence-electron chi connectivity index (χ4n) is 1.86. The number of benzene rings is 1. The summed E-state index contributed by atoms with van der Waals surface area (Å²) >= 11 is 5.78. The van der Waals surface area contributed by atoms with E-state index >= 15 is 0 Å². The quantitative estimate of drug-likeness (QED) is 0.741. The lowest BCUT2D eigenvalue weighted by Crippen LogP contribution is -2.29. The molecule has 124 valence electrons. The van der Waals surface area contributed by atoms with Gasteiger partial charge in [0.25, 0.3) is 0 Å². The van der Waals surface area contributed by atoms with Crippen LogP contribution in [0.4, 0.5) is 10.2 Å². The molecule has 1 aromatic heterocycles. The first kappa shape index (κ1) is 17.6. The molecule has 0 spiro atoms. The summed E-state index contributed by atoms with van der Waals surface area (Å²) in [5, 5.41) is 3.08. The molecule has 1 heterocycles. The zero-order chi connectivity index (χ0) is 16.9. The second kappa shape index (κ2) is 7.67. The van der Waals surface area contributed by atoms with Crippen LogP contribution in [0.5, 0.6) is 0 Å². The van der Waals surface area contributed by atoms with E-state index in [4.69, 9.17) is 11.6 Å². The van der Waals surface area contributed by atoms with Crippen LogP contribution in [0.25, 0.3) is 0 Å². The molecule has 0 saturated heterocycles. The van der Waals surface area contributed by atoms with E-state index in [-0.39, 0.29) is 23.8 Å². The zero-order valence-electron chi connectivity index (χ0n) is 12.4. The maximum absolute atomic E-state index is 13.9. The molecule has 2 N–H and O–H groups in total. The van der Waals surface area contributed by atoms with Gasteiger partial charge in [-0.2, -0.15) is 0 Å². The third-order valence-corrected chi connectivity index (χ3v) is 4.71. The molecule has 0 aliphatic carbocycles. The van der Waals surface area contributed by atoms with Gasteiger partial charge in [0.15, 0.2) is 11.6 Å². The summed E-state index contributed by atoms with van der Waals surface area (Å²) in [6.45, 7) is 2.03. The number of halogens is 2. The van der Waals surface area contributed by atoms with E-state index in [1.54, 1.807) is 19.1 Å². The smallest absolute Gasteiger partial charge is 0.240 e. The van der Waals surface area contributed by atoms with Crippen molar-refractivity contribution in [1.82, 2.24) is 14.7 Å². The van der Waals surface area contributed by atoms with Crippen molar-refractivity contribution in [1.29, 1.82) is 0 Å². The largest absolute Gasteiger partial charge is 0.366 e. The molecule has 1 aromatic carbocycles. The van der Waals surface area contributed by atoms with Crippen LogP contribution in [-0.2, 0) is 16.4 Å². The van der Waals surface area contributed by atoms with Gasteiger partial charge in [-0.1, -0.05) is 24.6 Å². The number of anilines is 1. The molecule has 0 aliphatic rings. The molecule has 0 aliphatic heterocycles. The lowest BCUT2D eigenvalue weighted by atomic mass is 10.3. The minimum absolute atomic E-state index is 0.0544. The van der Waals surface area contributed by atoms with Gasteiger partial charge in [0.05, 0.1) is 10.6 Å². The highest BCUT2D eigenvalue weighted by atomic mass is 35.5. The minimum Gasteiger partial charge on any atom is -0.366 e. The van der Waals surface area contributed by atoms with Gasteiger partial charge in [-0.3, -0.25) is 0 Å². The maximum atomic E-state index is 13.9. The van der Waals surface area contributed by atoms with E-state index in [9.17, 15) is 12.8 Å². The Morgan fingerprint density at radius 2 is 2.04 bits per heavy atom. The third-order valence-electron chi connectivity index (χ3n) is 3.01. The van der Waals surface area contributed by atoms with Crippen molar-refractivity contribution in [3.63, 3.8) is 0 Å². The molecule has 0 fully saturated rings. The van der Waals surface area contributed by atoms with Crippen molar-refractivity contribution >= 4 is 27.4 Å². The van der Waals surface area contributed by atoms with Crippen molar-refractivity contribution in [3.05, 3.63) is 47.1 Å². The Labute approximate surface area is 139 Å². The number of nitrogens with one attached hydrogen (secondary N) is 2. The predicted octanol–water partition coefficient (Wildman–Crippen LogP) is 2.22. The fourth-order valence-corrected chi connectivity index (χ4v) is 3.19. The second-order valence-electron chi connectivity index (χ2n) is 4.62. The van der Waals surface area contributed by atoms with Gasteiger partial charge >= 0.3 is 0 Å². The lowest BCUT2D eigenvalue weighted by molar-refractivity contribution is 0.582. The highest BCUT2D eigenvalue weighted by molar-refractivity contribution is 7.89. The molecule has 0 saturated carbocycles. The summed E-state index contributed by atoms with van der Waals surface area (Å²) in [7, 11) is -3.66. The fraction of sp³-hybridized carbons (Fsp3) is 0.286. The lowest BCUT2D eigenvalue weighted by Gasteiger charge is -2.10. The average molecular weight is 359 g/mol. The Bertz CT molecular complexity index is 786. The molecule has 0 bridgehead atoms. The standard InChI is InChI=1S/C14H16ClFN4O2S/c1-2-12-13(16)14(19-9-18-12)17-6-7-20-23(21,22)11-5-3-4-10(15)8-11/h3-5,8-9,20H,2,6-7H2,1H3,(H,17,18,19). The van der Waals surface area contributed by atoms with Crippen LogP contribution < -0.4 is 10.0 Å². The molecule has 0 amide bonds. The van der Waals surface area contributed by atoms with E-state index in [0.717, 1.165) is 0 Å². The van der Waals surface area contributed by atoms with Crippen LogP contribution in [0.3, 0.4) is 0 Å². The number of hydrogen-bond donors (Lipinski definition) is 2. The second-order valence-corrected chi connectivity index (χ2v) is 6.82. The van der Waals surface area contributed by atoms with E-state index in [1.807, 2.05) is 0 Å². The predicted molar refractivity (Wildman–Crippen MR) is 86.5 cm³/mol. The Morgan fingerprint density at radius 3 is 2.74 bits per heavy atom. The molecule has 0 unspecified atom stereocenters. The van der Waals surface area contributed by atoms with Gasteiger partial charge < -0.3 is 5.32 Å². The van der Waals surface area contributed by atoms with Crippen LogP contribution in [0.2, 0.25) is 5.02 Å². The summed E-state index contributed by atoms with van der Waals surface area (Å²) in [6.07, 6.45) is 1.71. The van der Waals surface area contributed by atoms with E-state index in [2.05, 4.69) is 20.0 Å². The number of sulfonamides is 1. The molecule has 6 nitrogen and oxygen atoms in total. The molecule has 2 aromatic rings. The Balaban J connectivity index is 1.93. The Morgan fingerprint density at radius 1 is 1.26 bits per heavy atom. The van der Waals surface area contributed by atoms with Crippen LogP contribution in [0.1, 0.15) is 12.6 Å². The molecular formula is C14H16ClFN4O2S. The molecule has 23 heavy (non-hydrogen) atoms. The summed E-state index contributed by atoms with van der Waals surface area (Å²) in [5.74, 6) is -0.466. The molecule has 2 rings (SSSR count). The monoisotopic (exact) mass is 358 g/mol. The first-order valence-corrected chi connectivity index (χ1v) is 8.78. The number of aryl methyl sites for hydroxylation is 1. The molecule has 9 heteroatoms. The SMILES string of the molecule is CCc1ncnc(NCCNS(=O)(=O)c2cccc(Cl)c2)c1F. The van der Waals surface area contributed by atoms with Gasteiger partial charge in [0.2, 0.25) is 10.0 Å². The van der Waals surface area contributed by atoms with Crippen molar-refractivity contribution in [2.24, 2.45) is 0 Å². The van der Waals surface area contributed by atoms with Crippen molar-refractivity contribution in [3.8, 4) is 0 Å². The van der Waals surface area contributed by atoms with Gasteiger partial charge in [0, 0.05) is 18.1 Å². The van der Waals surface area contributed by atoms with Crippen molar-refractivity contribution < 1.29 is 12.8 Å². The van der Waals surface area contributed by atoms with Crippen molar-refractivity contribution in [2.45, 2.75) is 18.2 Å². The molecule has 0 atom stereocenters. The zero-order valence-corrected chi connectivity index (χ0v) is 14.0. The van der Waals surface area contributed by atoms with Gasteiger partial charge in [-0.05, 0) is 24.6 Å². The summed E-state index contributed by atoms with van der Waals surface area (Å²) < 4.78 is 40.4. The van der Waals surface area contributed by atoms with E-state index < -0.39 is 15.8 Å². The number of hydrogen-bond acceptors (Lipinski definition) is 5. The summed E-state index contributed by atoms with van der Waals surface area (Å²) in [5.41, 5.74) is 0.307. The Hall–Kier alpha value is -1.77. The number of nitrogens with zero attached hydrogens (tertiary/aromatic N) is 2. The summed E-state index contributed by atoms with van der Waals surface area (Å²) in [6, 6.07) is 5.94. The number of aromatic nitrogens is 2. The van der Waals surface area contributed by atoms with Gasteiger partial charge in [-0.25, -0.2) is 27.5 Å². The minimum atomic E-state index is -3.66. The van der Waals surface area contributed by atoms with Crippen LogP contribution in [0, 0.1) is 5.82 Å². The first-order chi connectivity index (χ1) is 10.9. The van der Waals surface area contributed by atoms with E-state index in [0.29, 0.717) is 17.1 Å². The number of rotatable bonds is 7.